The fourth-order valence-electron chi connectivity index (χ4n) is 3.08. The van der Waals surface area contributed by atoms with E-state index in [4.69, 9.17) is 0 Å². The maximum absolute atomic E-state index is 13.2. The van der Waals surface area contributed by atoms with Crippen LogP contribution in [0.2, 0.25) is 0 Å². The number of rotatable bonds is 6. The van der Waals surface area contributed by atoms with Gasteiger partial charge in [-0.2, -0.15) is 5.10 Å². The van der Waals surface area contributed by atoms with Crippen LogP contribution in [-0.2, 0) is 4.79 Å². The fraction of sp³-hybridized carbons (Fsp3) is 0.0833. The number of hydrogen-bond donors (Lipinski definition) is 2. The van der Waals surface area contributed by atoms with Crippen LogP contribution in [0.5, 0.6) is 5.75 Å². The number of nitrogens with zero attached hydrogens (tertiary/aromatic N) is 3. The summed E-state index contributed by atoms with van der Waals surface area (Å²) in [5.74, 6) is -0.204. The molecule has 0 bridgehead atoms. The van der Waals surface area contributed by atoms with Crippen molar-refractivity contribution in [2.75, 3.05) is 5.75 Å². The van der Waals surface area contributed by atoms with Gasteiger partial charge in [0.05, 0.1) is 28.6 Å². The van der Waals surface area contributed by atoms with E-state index in [1.165, 1.54) is 16.8 Å². The number of carbonyl (C=O) groups is 1. The number of hydrogen-bond acceptors (Lipinski definition) is 6. The molecule has 7 nitrogen and oxygen atoms in total. The molecule has 3 aromatic carbocycles. The predicted molar refractivity (Wildman–Crippen MR) is 127 cm³/mol. The van der Waals surface area contributed by atoms with Crippen LogP contribution >= 0.6 is 11.8 Å². The number of nitrogens with one attached hydrogen (secondary N) is 1. The van der Waals surface area contributed by atoms with Gasteiger partial charge in [0.2, 0.25) is 0 Å². The maximum Gasteiger partial charge on any atom is 0.266 e. The van der Waals surface area contributed by atoms with E-state index in [-0.39, 0.29) is 23.0 Å². The van der Waals surface area contributed by atoms with Gasteiger partial charge in [-0.3, -0.25) is 14.2 Å². The van der Waals surface area contributed by atoms with Crippen LogP contribution in [0.1, 0.15) is 11.1 Å². The summed E-state index contributed by atoms with van der Waals surface area (Å²) in [5, 5.41) is 14.3. The molecule has 0 aliphatic heterocycles. The van der Waals surface area contributed by atoms with E-state index in [1.54, 1.807) is 36.4 Å². The maximum atomic E-state index is 13.2. The minimum absolute atomic E-state index is 0.0218. The number of benzene rings is 3. The summed E-state index contributed by atoms with van der Waals surface area (Å²) in [7, 11) is 0. The van der Waals surface area contributed by atoms with E-state index in [0.29, 0.717) is 27.3 Å². The summed E-state index contributed by atoms with van der Waals surface area (Å²) in [6.45, 7) is 1.97. The molecule has 0 saturated heterocycles. The van der Waals surface area contributed by atoms with Gasteiger partial charge in [0.25, 0.3) is 11.5 Å². The third kappa shape index (κ3) is 4.87. The molecule has 0 unspecified atom stereocenters. The number of fused-ring (bicyclic) bond motifs is 1. The molecule has 1 aromatic heterocycles. The molecule has 1 amide bonds. The summed E-state index contributed by atoms with van der Waals surface area (Å²) in [6, 6.07) is 21.2. The number of phenols is 1. The first-order valence-corrected chi connectivity index (χ1v) is 10.8. The number of aromatic nitrogens is 2. The van der Waals surface area contributed by atoms with Gasteiger partial charge in [0, 0.05) is 0 Å². The van der Waals surface area contributed by atoms with E-state index < -0.39 is 0 Å². The number of aromatic hydroxyl groups is 1. The van der Waals surface area contributed by atoms with E-state index in [2.05, 4.69) is 15.5 Å². The smallest absolute Gasteiger partial charge is 0.266 e. The van der Waals surface area contributed by atoms with Crippen molar-refractivity contribution in [2.45, 2.75) is 12.1 Å². The van der Waals surface area contributed by atoms with Gasteiger partial charge in [0.15, 0.2) is 5.16 Å². The molecule has 0 atom stereocenters. The second-order valence-electron chi connectivity index (χ2n) is 7.06. The minimum Gasteiger partial charge on any atom is -0.508 e. The highest BCUT2D eigenvalue weighted by atomic mass is 32.2. The molecule has 4 aromatic rings. The molecule has 0 aliphatic rings. The van der Waals surface area contributed by atoms with Gasteiger partial charge < -0.3 is 5.11 Å². The van der Waals surface area contributed by atoms with E-state index in [0.717, 1.165) is 17.3 Å². The zero-order chi connectivity index (χ0) is 22.5. The Morgan fingerprint density at radius 3 is 2.69 bits per heavy atom. The molecule has 4 rings (SSSR count). The lowest BCUT2D eigenvalue weighted by atomic mass is 10.2. The number of thioether (sulfide) groups is 1. The largest absolute Gasteiger partial charge is 0.508 e. The summed E-state index contributed by atoms with van der Waals surface area (Å²) >= 11 is 1.16. The van der Waals surface area contributed by atoms with Crippen LogP contribution in [-0.4, -0.2) is 32.5 Å². The van der Waals surface area contributed by atoms with Gasteiger partial charge in [-0.25, -0.2) is 10.4 Å². The lowest BCUT2D eigenvalue weighted by Gasteiger charge is -2.13. The fourth-order valence-corrected chi connectivity index (χ4v) is 3.88. The van der Waals surface area contributed by atoms with Gasteiger partial charge in [0.1, 0.15) is 5.75 Å². The number of para-hydroxylation sites is 1. The molecule has 0 saturated carbocycles. The highest BCUT2D eigenvalue weighted by Gasteiger charge is 2.14. The van der Waals surface area contributed by atoms with Gasteiger partial charge in [-0.05, 0) is 48.9 Å². The number of phenolic OH excluding ortho intramolecular Hbond substituents is 1. The molecule has 1 heterocycles. The molecule has 160 valence electrons. The second kappa shape index (κ2) is 9.49. The van der Waals surface area contributed by atoms with Crippen LogP contribution in [0, 0.1) is 6.92 Å². The van der Waals surface area contributed by atoms with Crippen molar-refractivity contribution in [1.82, 2.24) is 15.0 Å². The van der Waals surface area contributed by atoms with Gasteiger partial charge >= 0.3 is 0 Å². The Kier molecular flexibility index (Phi) is 6.32. The lowest BCUT2D eigenvalue weighted by Crippen LogP contribution is -2.24. The monoisotopic (exact) mass is 444 g/mol. The summed E-state index contributed by atoms with van der Waals surface area (Å²) < 4.78 is 1.52. The predicted octanol–water partition coefficient (Wildman–Crippen LogP) is 3.64. The quantitative estimate of drug-likeness (QED) is 0.205. The molecule has 0 spiro atoms. The van der Waals surface area contributed by atoms with Crippen LogP contribution in [0.25, 0.3) is 16.6 Å². The van der Waals surface area contributed by atoms with Crippen molar-refractivity contribution >= 4 is 34.8 Å². The lowest BCUT2D eigenvalue weighted by molar-refractivity contribution is -0.118. The Labute approximate surface area is 188 Å². The molecule has 8 heteroatoms. The number of amides is 1. The SMILES string of the molecule is Cc1ccc(-n2c(SCC(=O)N/N=C/c3cccc(O)c3)nc3ccccc3c2=O)cc1. The molecule has 0 aliphatic carbocycles. The molecule has 32 heavy (non-hydrogen) atoms. The molecular formula is C24H20N4O3S. The van der Waals surface area contributed by atoms with Gasteiger partial charge in [-0.15, -0.1) is 0 Å². The normalized spacial score (nSPS) is 11.2. The summed E-state index contributed by atoms with van der Waals surface area (Å²) in [5.41, 5.74) is 5.25. The van der Waals surface area contributed by atoms with E-state index in [9.17, 15) is 14.7 Å². The first-order valence-electron chi connectivity index (χ1n) is 9.84. The third-order valence-corrected chi connectivity index (χ3v) is 5.58. The average Bonchev–Trinajstić information content (AvgIpc) is 2.79. The Bertz CT molecular complexity index is 1360. The van der Waals surface area contributed by atoms with Crippen molar-refractivity contribution in [3.05, 3.63) is 94.3 Å². The molecular weight excluding hydrogens is 424 g/mol. The number of aryl methyl sites for hydroxylation is 1. The number of hydrazone groups is 1. The third-order valence-electron chi connectivity index (χ3n) is 4.64. The zero-order valence-corrected chi connectivity index (χ0v) is 18.0. The average molecular weight is 445 g/mol. The Balaban J connectivity index is 1.56. The second-order valence-corrected chi connectivity index (χ2v) is 8.01. The minimum atomic E-state index is -0.343. The molecule has 0 fully saturated rings. The Morgan fingerprint density at radius 1 is 1.12 bits per heavy atom. The van der Waals surface area contributed by atoms with Crippen LogP contribution in [0.15, 0.2) is 87.8 Å². The standard InChI is InChI=1S/C24H20N4O3S/c1-16-9-11-18(12-10-16)28-23(31)20-7-2-3-8-21(20)26-24(28)32-15-22(30)27-25-14-17-5-4-6-19(29)13-17/h2-14,29H,15H2,1H3,(H,27,30)/b25-14+. The van der Waals surface area contributed by atoms with Crippen molar-refractivity contribution in [3.63, 3.8) is 0 Å². The summed E-state index contributed by atoms with van der Waals surface area (Å²) in [6.07, 6.45) is 1.44. The van der Waals surface area contributed by atoms with Crippen molar-refractivity contribution in [3.8, 4) is 11.4 Å². The molecule has 2 N–H and O–H groups in total. The first kappa shape index (κ1) is 21.3. The van der Waals surface area contributed by atoms with E-state index >= 15 is 0 Å². The Morgan fingerprint density at radius 2 is 1.91 bits per heavy atom. The first-order chi connectivity index (χ1) is 15.5. The Hall–Kier alpha value is -3.91. The van der Waals surface area contributed by atoms with Crippen molar-refractivity contribution < 1.29 is 9.90 Å². The van der Waals surface area contributed by atoms with Crippen molar-refractivity contribution in [2.24, 2.45) is 5.10 Å². The van der Waals surface area contributed by atoms with Crippen LogP contribution in [0.4, 0.5) is 0 Å². The van der Waals surface area contributed by atoms with Crippen LogP contribution < -0.4 is 11.0 Å². The zero-order valence-electron chi connectivity index (χ0n) is 17.2. The summed E-state index contributed by atoms with van der Waals surface area (Å²) in [4.78, 5) is 30.1. The van der Waals surface area contributed by atoms with Crippen molar-refractivity contribution in [1.29, 1.82) is 0 Å². The van der Waals surface area contributed by atoms with Gasteiger partial charge in [-0.1, -0.05) is 53.7 Å². The highest BCUT2D eigenvalue weighted by Crippen LogP contribution is 2.21. The van der Waals surface area contributed by atoms with Crippen LogP contribution in [0.3, 0.4) is 0 Å². The number of carbonyl (C=O) groups excluding carboxylic acids is 1. The highest BCUT2D eigenvalue weighted by molar-refractivity contribution is 7.99. The topological polar surface area (TPSA) is 96.6 Å². The van der Waals surface area contributed by atoms with E-state index in [1.807, 2.05) is 37.3 Å². The molecule has 0 radical (unpaired) electrons.